The van der Waals surface area contributed by atoms with E-state index in [2.05, 4.69) is 31.9 Å². The highest BCUT2D eigenvalue weighted by molar-refractivity contribution is 9.10. The molecule has 0 aliphatic rings. The van der Waals surface area contributed by atoms with Crippen LogP contribution in [0.5, 0.6) is 0 Å². The summed E-state index contributed by atoms with van der Waals surface area (Å²) in [5.74, 6) is -0.926. The van der Waals surface area contributed by atoms with E-state index < -0.39 is 5.97 Å². The molecule has 16 heavy (non-hydrogen) atoms. The average Bonchev–Trinajstić information content (AvgIpc) is 2.26. The number of carbonyl (C=O) groups is 1. The fourth-order valence-corrected chi connectivity index (χ4v) is 2.04. The Hall–Kier alpha value is -0.610. The largest absolute Gasteiger partial charge is 0.478 e. The molecule has 1 aromatic carbocycles. The van der Waals surface area contributed by atoms with E-state index in [4.69, 9.17) is 5.11 Å². The lowest BCUT2D eigenvalue weighted by Gasteiger charge is -2.04. The molecule has 86 valence electrons. The maximum absolute atomic E-state index is 10.4. The number of halogens is 2. The van der Waals surface area contributed by atoms with Gasteiger partial charge in [0, 0.05) is 15.9 Å². The van der Waals surface area contributed by atoms with Gasteiger partial charge in [0.1, 0.15) is 0 Å². The molecule has 0 fully saturated rings. The summed E-state index contributed by atoms with van der Waals surface area (Å²) in [5.41, 5.74) is 2.11. The zero-order chi connectivity index (χ0) is 12.0. The molecule has 2 nitrogen and oxygen atoms in total. The van der Waals surface area contributed by atoms with Gasteiger partial charge in [-0.05, 0) is 36.1 Å². The lowest BCUT2D eigenvalue weighted by Crippen LogP contribution is -1.90. The summed E-state index contributed by atoms with van der Waals surface area (Å²) in [5, 5.41) is 9.50. The van der Waals surface area contributed by atoms with Crippen LogP contribution >= 0.6 is 31.9 Å². The molecule has 0 unspecified atom stereocenters. The van der Waals surface area contributed by atoms with Gasteiger partial charge in [-0.15, -0.1) is 0 Å². The highest BCUT2D eigenvalue weighted by Gasteiger charge is 2.00. The molecule has 1 rings (SSSR count). The van der Waals surface area contributed by atoms with Crippen LogP contribution in [0.2, 0.25) is 0 Å². The van der Waals surface area contributed by atoms with Gasteiger partial charge in [-0.25, -0.2) is 4.79 Å². The van der Waals surface area contributed by atoms with Crippen molar-refractivity contribution in [3.05, 3.63) is 39.9 Å². The first-order valence-electron chi connectivity index (χ1n) is 4.89. The number of carboxylic acids is 1. The fourth-order valence-electron chi connectivity index (χ4n) is 1.31. The predicted octanol–water partition coefficient (Wildman–Crippen LogP) is 3.87. The molecule has 0 atom stereocenters. The van der Waals surface area contributed by atoms with Gasteiger partial charge in [-0.3, -0.25) is 0 Å². The summed E-state index contributed by atoms with van der Waals surface area (Å²) in [7, 11) is 0. The van der Waals surface area contributed by atoms with Crippen molar-refractivity contribution in [2.45, 2.75) is 12.8 Å². The minimum absolute atomic E-state index is 0.912. The van der Waals surface area contributed by atoms with Crippen molar-refractivity contribution in [1.82, 2.24) is 0 Å². The molecule has 1 N–H and O–H groups in total. The van der Waals surface area contributed by atoms with Crippen LogP contribution in [0.3, 0.4) is 0 Å². The summed E-state index contributed by atoms with van der Waals surface area (Å²) in [4.78, 5) is 10.4. The first kappa shape index (κ1) is 13.5. The number of rotatable bonds is 5. The highest BCUT2D eigenvalue weighted by Crippen LogP contribution is 2.20. The van der Waals surface area contributed by atoms with Crippen LogP contribution in [-0.4, -0.2) is 16.4 Å². The second kappa shape index (κ2) is 6.86. The SMILES string of the molecule is O=C(O)/C=C/c1ccc(Br)c(CCCBr)c1. The lowest BCUT2D eigenvalue weighted by atomic mass is 10.1. The molecule has 0 saturated carbocycles. The predicted molar refractivity (Wildman–Crippen MR) is 72.9 cm³/mol. The molecule has 0 radical (unpaired) electrons. The number of aliphatic carboxylic acids is 1. The third-order valence-corrected chi connectivity index (χ3v) is 3.40. The summed E-state index contributed by atoms with van der Waals surface area (Å²) >= 11 is 6.88. The van der Waals surface area contributed by atoms with Crippen molar-refractivity contribution >= 4 is 43.9 Å². The Morgan fingerprint density at radius 2 is 2.19 bits per heavy atom. The fraction of sp³-hybridized carbons (Fsp3) is 0.250. The van der Waals surface area contributed by atoms with Crippen molar-refractivity contribution in [3.63, 3.8) is 0 Å². The smallest absolute Gasteiger partial charge is 0.328 e. The minimum atomic E-state index is -0.926. The van der Waals surface area contributed by atoms with E-state index >= 15 is 0 Å². The number of hydrogen-bond acceptors (Lipinski definition) is 1. The second-order valence-corrected chi connectivity index (χ2v) is 4.96. The van der Waals surface area contributed by atoms with E-state index in [1.807, 2.05) is 18.2 Å². The molecule has 1 aromatic rings. The van der Waals surface area contributed by atoms with Crippen LogP contribution in [0.4, 0.5) is 0 Å². The van der Waals surface area contributed by atoms with E-state index in [0.717, 1.165) is 34.3 Å². The number of benzene rings is 1. The topological polar surface area (TPSA) is 37.3 Å². The van der Waals surface area contributed by atoms with Crippen molar-refractivity contribution in [1.29, 1.82) is 0 Å². The summed E-state index contributed by atoms with van der Waals surface area (Å²) in [6.07, 6.45) is 4.79. The maximum Gasteiger partial charge on any atom is 0.328 e. The van der Waals surface area contributed by atoms with E-state index in [0.29, 0.717) is 0 Å². The van der Waals surface area contributed by atoms with Gasteiger partial charge in [0.15, 0.2) is 0 Å². The van der Waals surface area contributed by atoms with Crippen LogP contribution in [0.15, 0.2) is 28.7 Å². The first-order valence-corrected chi connectivity index (χ1v) is 6.80. The molecule has 0 bridgehead atoms. The van der Waals surface area contributed by atoms with Crippen LogP contribution in [0.25, 0.3) is 6.08 Å². The first-order chi connectivity index (χ1) is 7.63. The van der Waals surface area contributed by atoms with Gasteiger partial charge in [0.05, 0.1) is 0 Å². The number of aryl methyl sites for hydroxylation is 1. The van der Waals surface area contributed by atoms with Gasteiger partial charge in [-0.1, -0.05) is 44.0 Å². The monoisotopic (exact) mass is 346 g/mol. The van der Waals surface area contributed by atoms with E-state index in [1.165, 1.54) is 5.56 Å². The summed E-state index contributed by atoms with van der Waals surface area (Å²) in [6.45, 7) is 0. The third kappa shape index (κ3) is 4.49. The number of hydrogen-bond donors (Lipinski definition) is 1. The number of carboxylic acid groups (broad SMARTS) is 1. The van der Waals surface area contributed by atoms with E-state index in [1.54, 1.807) is 6.08 Å². The zero-order valence-electron chi connectivity index (χ0n) is 8.62. The standard InChI is InChI=1S/C12H12Br2O2/c13-7-1-2-10-8-9(3-5-11(10)14)4-6-12(15)16/h3-6,8H,1-2,7H2,(H,15,16)/b6-4+. The quantitative estimate of drug-likeness (QED) is 0.648. The number of alkyl halides is 1. The molecule has 0 spiro atoms. The molecule has 0 saturated heterocycles. The Kier molecular flexibility index (Phi) is 5.77. The Morgan fingerprint density at radius 3 is 2.81 bits per heavy atom. The van der Waals surface area contributed by atoms with Gasteiger partial charge in [-0.2, -0.15) is 0 Å². The van der Waals surface area contributed by atoms with Crippen molar-refractivity contribution in [2.24, 2.45) is 0 Å². The van der Waals surface area contributed by atoms with Crippen molar-refractivity contribution < 1.29 is 9.90 Å². The van der Waals surface area contributed by atoms with Crippen LogP contribution in [0, 0.1) is 0 Å². The maximum atomic E-state index is 10.4. The molecule has 4 heteroatoms. The Balaban J connectivity index is 2.84. The van der Waals surface area contributed by atoms with Gasteiger partial charge in [0.25, 0.3) is 0 Å². The van der Waals surface area contributed by atoms with Crippen molar-refractivity contribution in [2.75, 3.05) is 5.33 Å². The molecular formula is C12H12Br2O2. The van der Waals surface area contributed by atoms with Gasteiger partial charge in [0.2, 0.25) is 0 Å². The molecular weight excluding hydrogens is 336 g/mol. The normalized spacial score (nSPS) is 10.9. The molecule has 0 aromatic heterocycles. The molecule has 0 aliphatic heterocycles. The lowest BCUT2D eigenvalue weighted by molar-refractivity contribution is -0.131. The Labute approximate surface area is 112 Å². The highest BCUT2D eigenvalue weighted by atomic mass is 79.9. The van der Waals surface area contributed by atoms with Crippen LogP contribution in [0.1, 0.15) is 17.5 Å². The summed E-state index contributed by atoms with van der Waals surface area (Å²) < 4.78 is 1.07. The van der Waals surface area contributed by atoms with E-state index in [9.17, 15) is 4.79 Å². The Morgan fingerprint density at radius 1 is 1.44 bits per heavy atom. The van der Waals surface area contributed by atoms with Crippen LogP contribution in [-0.2, 0) is 11.2 Å². The molecule has 0 heterocycles. The van der Waals surface area contributed by atoms with Crippen LogP contribution < -0.4 is 0 Å². The Bertz CT molecular complexity index is 400. The van der Waals surface area contributed by atoms with E-state index in [-0.39, 0.29) is 0 Å². The molecule has 0 aliphatic carbocycles. The summed E-state index contributed by atoms with van der Waals surface area (Å²) in [6, 6.07) is 5.85. The second-order valence-electron chi connectivity index (χ2n) is 3.31. The molecule has 0 amide bonds. The van der Waals surface area contributed by atoms with Gasteiger partial charge < -0.3 is 5.11 Å². The minimum Gasteiger partial charge on any atom is -0.478 e. The zero-order valence-corrected chi connectivity index (χ0v) is 11.8. The third-order valence-electron chi connectivity index (χ3n) is 2.07. The van der Waals surface area contributed by atoms with Gasteiger partial charge >= 0.3 is 5.97 Å². The average molecular weight is 348 g/mol. The van der Waals surface area contributed by atoms with Crippen molar-refractivity contribution in [3.8, 4) is 0 Å².